The third-order valence-corrected chi connectivity index (χ3v) is 8.17. The highest BCUT2D eigenvalue weighted by molar-refractivity contribution is 5.85. The van der Waals surface area contributed by atoms with Crippen LogP contribution in [0, 0.1) is 16.7 Å². The van der Waals surface area contributed by atoms with Gasteiger partial charge in [0.05, 0.1) is 18.8 Å². The Labute approximate surface area is 188 Å². The van der Waals surface area contributed by atoms with Crippen LogP contribution in [0.15, 0.2) is 30.3 Å². The minimum atomic E-state index is -0.390. The Bertz CT molecular complexity index is 637. The predicted molar refractivity (Wildman–Crippen MR) is 125 cm³/mol. The summed E-state index contributed by atoms with van der Waals surface area (Å²) >= 11 is 0. The molecule has 0 amide bonds. The van der Waals surface area contributed by atoms with Gasteiger partial charge in [-0.2, -0.15) is 0 Å². The van der Waals surface area contributed by atoms with Gasteiger partial charge < -0.3 is 14.7 Å². The number of rotatable bonds is 6. The number of nitrogens with zero attached hydrogens (tertiary/aromatic N) is 2. The number of piperazine rings is 1. The van der Waals surface area contributed by atoms with Gasteiger partial charge in [-0.25, -0.2) is 0 Å². The number of hydrogen-bond acceptors (Lipinski definition) is 4. The van der Waals surface area contributed by atoms with Crippen LogP contribution in [-0.4, -0.2) is 61.5 Å². The molecule has 4 rings (SSSR count). The van der Waals surface area contributed by atoms with E-state index in [9.17, 15) is 5.11 Å². The van der Waals surface area contributed by atoms with Crippen molar-refractivity contribution in [3.63, 3.8) is 0 Å². The number of benzene rings is 1. The lowest BCUT2D eigenvalue weighted by molar-refractivity contribution is -0.0794. The standard InChI is InChI=1S/C23H36N2O2.2ClH/c1-22(2)18-9-10-23(22,3)21(15-18)27-17-20(26)16-24-11-13-25(14-12-24)19-7-5-4-6-8-19;;/h4-8,18,20-21,26H,9-17H2,1-3H3;2*1H. The smallest absolute Gasteiger partial charge is 0.0900 e. The fraction of sp³-hybridized carbons (Fsp3) is 0.739. The third kappa shape index (κ3) is 4.72. The maximum Gasteiger partial charge on any atom is 0.0900 e. The molecule has 4 nitrogen and oxygen atoms in total. The summed E-state index contributed by atoms with van der Waals surface area (Å²) in [7, 11) is 0. The first-order chi connectivity index (χ1) is 12.9. The van der Waals surface area contributed by atoms with Crippen molar-refractivity contribution in [1.82, 2.24) is 4.90 Å². The molecule has 1 saturated heterocycles. The van der Waals surface area contributed by atoms with Gasteiger partial charge in [-0.3, -0.25) is 4.90 Å². The molecule has 4 atom stereocenters. The molecule has 1 aromatic rings. The molecule has 2 bridgehead atoms. The van der Waals surface area contributed by atoms with Crippen molar-refractivity contribution in [2.75, 3.05) is 44.2 Å². The van der Waals surface area contributed by atoms with E-state index < -0.39 is 0 Å². The number of hydrogen-bond donors (Lipinski definition) is 1. The molecule has 1 N–H and O–H groups in total. The summed E-state index contributed by atoms with van der Waals surface area (Å²) in [4.78, 5) is 4.80. The quantitative estimate of drug-likeness (QED) is 0.711. The maximum absolute atomic E-state index is 10.5. The van der Waals surface area contributed by atoms with Crippen LogP contribution in [0.2, 0.25) is 0 Å². The average Bonchev–Trinajstić information content (AvgIpc) is 3.01. The first-order valence-corrected chi connectivity index (χ1v) is 10.7. The summed E-state index contributed by atoms with van der Waals surface area (Å²) < 4.78 is 6.28. The van der Waals surface area contributed by atoms with E-state index in [0.717, 1.165) is 38.6 Å². The van der Waals surface area contributed by atoms with E-state index in [1.165, 1.54) is 24.9 Å². The molecular weight excluding hydrogens is 407 g/mol. The van der Waals surface area contributed by atoms with E-state index in [1.54, 1.807) is 0 Å². The average molecular weight is 445 g/mol. The van der Waals surface area contributed by atoms with Crippen LogP contribution in [0.4, 0.5) is 5.69 Å². The first-order valence-electron chi connectivity index (χ1n) is 10.7. The molecule has 29 heavy (non-hydrogen) atoms. The Morgan fingerprint density at radius 1 is 1.07 bits per heavy atom. The van der Waals surface area contributed by atoms with Gasteiger partial charge in [0, 0.05) is 38.4 Å². The van der Waals surface area contributed by atoms with Gasteiger partial charge in [-0.1, -0.05) is 39.0 Å². The van der Waals surface area contributed by atoms with Gasteiger partial charge in [-0.15, -0.1) is 24.8 Å². The molecule has 166 valence electrons. The van der Waals surface area contributed by atoms with Crippen LogP contribution in [-0.2, 0) is 4.74 Å². The number of aliphatic hydroxyl groups excluding tert-OH is 1. The van der Waals surface area contributed by atoms with Gasteiger partial charge in [0.2, 0.25) is 0 Å². The lowest BCUT2D eigenvalue weighted by Gasteiger charge is -2.39. The van der Waals surface area contributed by atoms with Crippen molar-refractivity contribution in [1.29, 1.82) is 0 Å². The number of fused-ring (bicyclic) bond motifs is 2. The molecule has 4 unspecified atom stereocenters. The number of ether oxygens (including phenoxy) is 1. The summed E-state index contributed by atoms with van der Waals surface area (Å²) in [6.07, 6.45) is 3.71. The van der Waals surface area contributed by atoms with Gasteiger partial charge in [0.1, 0.15) is 0 Å². The lowest BCUT2D eigenvalue weighted by atomic mass is 9.70. The minimum absolute atomic E-state index is 0. The predicted octanol–water partition coefficient (Wildman–Crippen LogP) is 4.24. The fourth-order valence-electron chi connectivity index (χ4n) is 5.79. The molecule has 1 heterocycles. The number of β-amino-alcohol motifs (C(OH)–C–C–N with tert-alkyl or cyclic N) is 1. The molecule has 1 aromatic carbocycles. The Morgan fingerprint density at radius 2 is 1.72 bits per heavy atom. The number of para-hydroxylation sites is 1. The monoisotopic (exact) mass is 444 g/mol. The minimum Gasteiger partial charge on any atom is -0.389 e. The van der Waals surface area contributed by atoms with Crippen LogP contribution >= 0.6 is 24.8 Å². The van der Waals surface area contributed by atoms with Crippen molar-refractivity contribution in [2.24, 2.45) is 16.7 Å². The van der Waals surface area contributed by atoms with Gasteiger partial charge in [-0.05, 0) is 48.1 Å². The van der Waals surface area contributed by atoms with E-state index in [-0.39, 0.29) is 36.3 Å². The molecule has 3 fully saturated rings. The topological polar surface area (TPSA) is 35.9 Å². The lowest BCUT2D eigenvalue weighted by Crippen LogP contribution is -2.49. The van der Waals surface area contributed by atoms with E-state index in [2.05, 4.69) is 60.9 Å². The SMILES string of the molecule is CC1(C)C2CCC1(C)C(OCC(O)CN1CCN(c3ccccc3)CC1)C2.Cl.Cl. The van der Waals surface area contributed by atoms with Crippen LogP contribution < -0.4 is 4.90 Å². The van der Waals surface area contributed by atoms with E-state index in [4.69, 9.17) is 4.74 Å². The maximum atomic E-state index is 10.5. The molecule has 2 saturated carbocycles. The highest BCUT2D eigenvalue weighted by Gasteiger charge is 2.61. The third-order valence-electron chi connectivity index (χ3n) is 8.17. The van der Waals surface area contributed by atoms with Crippen LogP contribution in [0.5, 0.6) is 0 Å². The summed E-state index contributed by atoms with van der Waals surface area (Å²) in [5, 5.41) is 10.5. The van der Waals surface area contributed by atoms with E-state index in [1.807, 2.05) is 0 Å². The number of aliphatic hydroxyl groups is 1. The van der Waals surface area contributed by atoms with Crippen molar-refractivity contribution < 1.29 is 9.84 Å². The van der Waals surface area contributed by atoms with Crippen LogP contribution in [0.1, 0.15) is 40.0 Å². The molecule has 0 spiro atoms. The van der Waals surface area contributed by atoms with Crippen molar-refractivity contribution in [3.05, 3.63) is 30.3 Å². The molecule has 2 aliphatic carbocycles. The second-order valence-electron chi connectivity index (χ2n) is 9.71. The summed E-state index contributed by atoms with van der Waals surface area (Å²) in [5.74, 6) is 0.788. The van der Waals surface area contributed by atoms with Crippen molar-refractivity contribution >= 4 is 30.5 Å². The fourth-order valence-corrected chi connectivity index (χ4v) is 5.79. The second-order valence-corrected chi connectivity index (χ2v) is 9.71. The molecule has 0 radical (unpaired) electrons. The second kappa shape index (κ2) is 9.74. The zero-order chi connectivity index (χ0) is 19.1. The van der Waals surface area contributed by atoms with E-state index >= 15 is 0 Å². The molecule has 0 aromatic heterocycles. The molecular formula is C23H38Cl2N2O2. The Morgan fingerprint density at radius 3 is 2.28 bits per heavy atom. The first kappa shape index (κ1) is 24.7. The summed E-state index contributed by atoms with van der Waals surface area (Å²) in [5.41, 5.74) is 1.95. The zero-order valence-electron chi connectivity index (χ0n) is 18.0. The van der Waals surface area contributed by atoms with E-state index in [0.29, 0.717) is 18.1 Å². The van der Waals surface area contributed by atoms with Crippen LogP contribution in [0.25, 0.3) is 0 Å². The Balaban J connectivity index is 0.00000150. The molecule has 1 aliphatic heterocycles. The zero-order valence-corrected chi connectivity index (χ0v) is 19.7. The number of anilines is 1. The van der Waals surface area contributed by atoms with Crippen LogP contribution in [0.3, 0.4) is 0 Å². The Kier molecular flexibility index (Phi) is 8.31. The highest BCUT2D eigenvalue weighted by Crippen LogP contribution is 2.66. The molecule has 3 aliphatic rings. The largest absolute Gasteiger partial charge is 0.389 e. The summed E-state index contributed by atoms with van der Waals surface area (Å²) in [6.45, 7) is 12.5. The molecule has 6 heteroatoms. The van der Waals surface area contributed by atoms with Gasteiger partial charge >= 0.3 is 0 Å². The normalized spacial score (nSPS) is 31.8. The van der Waals surface area contributed by atoms with Gasteiger partial charge in [0.25, 0.3) is 0 Å². The van der Waals surface area contributed by atoms with Crippen molar-refractivity contribution in [3.8, 4) is 0 Å². The van der Waals surface area contributed by atoms with Gasteiger partial charge in [0.15, 0.2) is 0 Å². The van der Waals surface area contributed by atoms with Crippen molar-refractivity contribution in [2.45, 2.75) is 52.2 Å². The summed E-state index contributed by atoms with van der Waals surface area (Å²) in [6, 6.07) is 10.6. The highest BCUT2D eigenvalue weighted by atomic mass is 35.5. The Hall–Kier alpha value is -0.520. The number of halogens is 2.